The van der Waals surface area contributed by atoms with Gasteiger partial charge < -0.3 is 9.29 Å². The zero-order valence-electron chi connectivity index (χ0n) is 11.5. The van der Waals surface area contributed by atoms with Crippen LogP contribution >= 0.6 is 0 Å². The van der Waals surface area contributed by atoms with E-state index in [1.54, 1.807) is 13.4 Å². The molecule has 0 radical (unpaired) electrons. The molecule has 1 aromatic rings. The molecule has 1 aromatic carbocycles. The lowest BCUT2D eigenvalue weighted by Gasteiger charge is -2.20. The molecule has 1 fully saturated rings. The van der Waals surface area contributed by atoms with E-state index in [0.717, 1.165) is 12.0 Å². The average Bonchev–Trinajstić information content (AvgIpc) is 2.46. The molecule has 2 unspecified atom stereocenters. The van der Waals surface area contributed by atoms with Crippen LogP contribution in [0.2, 0.25) is 0 Å². The Morgan fingerprint density at radius 1 is 1.50 bits per heavy atom. The molecule has 1 amide bonds. The largest absolute Gasteiger partial charge is 0.612 e. The van der Waals surface area contributed by atoms with E-state index < -0.39 is 11.2 Å². The quantitative estimate of drug-likeness (QED) is 0.819. The first-order chi connectivity index (χ1) is 9.60. The minimum absolute atomic E-state index is 0.0195. The third-order valence-corrected chi connectivity index (χ3v) is 4.05. The molecule has 1 aliphatic rings. The van der Waals surface area contributed by atoms with Crippen molar-refractivity contribution in [1.29, 1.82) is 0 Å². The Morgan fingerprint density at radius 3 is 2.90 bits per heavy atom. The number of ether oxygens (including phenoxy) is 1. The summed E-state index contributed by atoms with van der Waals surface area (Å²) >= 11 is -1.07. The average molecular weight is 294 g/mol. The number of hydrogen-bond acceptors (Lipinski definition) is 4. The van der Waals surface area contributed by atoms with Gasteiger partial charge in [-0.3, -0.25) is 10.2 Å². The van der Waals surface area contributed by atoms with Gasteiger partial charge in [0.1, 0.15) is 6.26 Å². The lowest BCUT2D eigenvalue weighted by atomic mass is 10.1. The number of nitrogens with one attached hydrogen (secondary N) is 2. The van der Waals surface area contributed by atoms with E-state index in [0.29, 0.717) is 17.1 Å². The molecule has 20 heavy (non-hydrogen) atoms. The van der Waals surface area contributed by atoms with Crippen LogP contribution in [0, 0.1) is 0 Å². The first kappa shape index (κ1) is 14.9. The van der Waals surface area contributed by atoms with Gasteiger partial charge >= 0.3 is 0 Å². The molecule has 2 rings (SSSR count). The van der Waals surface area contributed by atoms with Crippen LogP contribution in [-0.4, -0.2) is 29.9 Å². The Labute approximate surface area is 121 Å². The number of hydrogen-bond donors (Lipinski definition) is 2. The standard InChI is InChI=1S/C14H18N2O3S/c1-19-12-9-10(4-7-13(12)20(2)18)3-5-11-6-8-14(17)16-15-11/h3-5,7,9,11,15H,6,8H2,1-2H3,(H,16,17)/b5-3+. The van der Waals surface area contributed by atoms with Crippen LogP contribution < -0.4 is 15.6 Å². The van der Waals surface area contributed by atoms with Crippen LogP contribution in [0.3, 0.4) is 0 Å². The highest BCUT2D eigenvalue weighted by molar-refractivity contribution is 7.90. The van der Waals surface area contributed by atoms with Gasteiger partial charge in [-0.05, 0) is 41.4 Å². The minimum atomic E-state index is -1.07. The van der Waals surface area contributed by atoms with Crippen molar-refractivity contribution in [3.05, 3.63) is 29.8 Å². The number of amides is 1. The van der Waals surface area contributed by atoms with E-state index in [2.05, 4.69) is 10.9 Å². The fourth-order valence-electron chi connectivity index (χ4n) is 1.99. The highest BCUT2D eigenvalue weighted by Gasteiger charge is 2.15. The van der Waals surface area contributed by atoms with Crippen molar-refractivity contribution in [3.8, 4) is 5.75 Å². The predicted molar refractivity (Wildman–Crippen MR) is 78.7 cm³/mol. The van der Waals surface area contributed by atoms with Crippen molar-refractivity contribution in [2.75, 3.05) is 13.4 Å². The first-order valence-corrected chi connectivity index (χ1v) is 7.90. The molecule has 0 saturated carbocycles. The zero-order valence-corrected chi connectivity index (χ0v) is 12.3. The second-order valence-electron chi connectivity index (χ2n) is 4.56. The summed E-state index contributed by atoms with van der Waals surface area (Å²) in [5.41, 5.74) is 6.51. The molecule has 0 aliphatic carbocycles. The molecular weight excluding hydrogens is 276 g/mol. The van der Waals surface area contributed by atoms with E-state index in [-0.39, 0.29) is 11.9 Å². The maximum atomic E-state index is 11.5. The van der Waals surface area contributed by atoms with Crippen LogP contribution in [0.25, 0.3) is 6.08 Å². The van der Waals surface area contributed by atoms with Crippen molar-refractivity contribution in [3.63, 3.8) is 0 Å². The number of rotatable bonds is 4. The minimum Gasteiger partial charge on any atom is -0.612 e. The van der Waals surface area contributed by atoms with Crippen molar-refractivity contribution in [2.45, 2.75) is 23.8 Å². The number of benzene rings is 1. The fraction of sp³-hybridized carbons (Fsp3) is 0.357. The topological polar surface area (TPSA) is 73.4 Å². The smallest absolute Gasteiger partial charge is 0.234 e. The zero-order chi connectivity index (χ0) is 14.5. The molecular formula is C14H18N2O3S. The van der Waals surface area contributed by atoms with Gasteiger partial charge in [0.15, 0.2) is 10.6 Å². The van der Waals surface area contributed by atoms with E-state index in [1.807, 2.05) is 30.4 Å². The summed E-state index contributed by atoms with van der Waals surface area (Å²) in [4.78, 5) is 11.7. The highest BCUT2D eigenvalue weighted by Crippen LogP contribution is 2.25. The van der Waals surface area contributed by atoms with E-state index in [1.165, 1.54) is 0 Å². The maximum absolute atomic E-state index is 11.5. The highest BCUT2D eigenvalue weighted by atomic mass is 32.2. The Kier molecular flexibility index (Phi) is 5.05. The summed E-state index contributed by atoms with van der Waals surface area (Å²) in [5, 5.41) is 0. The van der Waals surface area contributed by atoms with Gasteiger partial charge in [0.25, 0.3) is 0 Å². The van der Waals surface area contributed by atoms with Gasteiger partial charge in [-0.2, -0.15) is 0 Å². The van der Waals surface area contributed by atoms with E-state index in [4.69, 9.17) is 4.74 Å². The van der Waals surface area contributed by atoms with Gasteiger partial charge in [-0.15, -0.1) is 0 Å². The van der Waals surface area contributed by atoms with E-state index >= 15 is 0 Å². The van der Waals surface area contributed by atoms with Gasteiger partial charge in [-0.25, -0.2) is 5.43 Å². The number of carbonyl (C=O) groups is 1. The lowest BCUT2D eigenvalue weighted by Crippen LogP contribution is -2.48. The second kappa shape index (κ2) is 6.78. The molecule has 6 heteroatoms. The molecule has 108 valence electrons. The van der Waals surface area contributed by atoms with Crippen molar-refractivity contribution in [2.24, 2.45) is 0 Å². The first-order valence-electron chi connectivity index (χ1n) is 6.34. The second-order valence-corrected chi connectivity index (χ2v) is 5.91. The number of carbonyl (C=O) groups excluding carboxylic acids is 1. The molecule has 0 spiro atoms. The molecule has 5 nitrogen and oxygen atoms in total. The molecule has 1 saturated heterocycles. The van der Waals surface area contributed by atoms with Crippen LogP contribution in [-0.2, 0) is 16.0 Å². The summed E-state index contributed by atoms with van der Waals surface area (Å²) in [5.74, 6) is 0.643. The van der Waals surface area contributed by atoms with Crippen LogP contribution in [0.15, 0.2) is 29.2 Å². The van der Waals surface area contributed by atoms with Gasteiger partial charge in [0.2, 0.25) is 5.91 Å². The molecule has 0 aromatic heterocycles. The molecule has 2 N–H and O–H groups in total. The summed E-state index contributed by atoms with van der Waals surface area (Å²) in [6, 6.07) is 5.69. The van der Waals surface area contributed by atoms with Crippen molar-refractivity contribution < 1.29 is 14.1 Å². The summed E-state index contributed by atoms with van der Waals surface area (Å²) in [7, 11) is 1.57. The number of methoxy groups -OCH3 is 1. The Bertz CT molecular complexity index is 507. The Hall–Kier alpha value is -1.50. The van der Waals surface area contributed by atoms with Gasteiger partial charge in [-0.1, -0.05) is 12.2 Å². The van der Waals surface area contributed by atoms with Gasteiger partial charge in [0, 0.05) is 12.5 Å². The van der Waals surface area contributed by atoms with E-state index in [9.17, 15) is 9.35 Å². The van der Waals surface area contributed by atoms with Crippen LogP contribution in [0.4, 0.5) is 0 Å². The summed E-state index contributed by atoms with van der Waals surface area (Å²) in [6.45, 7) is 0. The van der Waals surface area contributed by atoms with Gasteiger partial charge in [0.05, 0.1) is 7.11 Å². The molecule has 2 atom stereocenters. The summed E-state index contributed by atoms with van der Waals surface area (Å²) in [6.07, 6.45) is 6.88. The van der Waals surface area contributed by atoms with Crippen molar-refractivity contribution >= 4 is 23.2 Å². The van der Waals surface area contributed by atoms with Crippen LogP contribution in [0.5, 0.6) is 5.75 Å². The Balaban J connectivity index is 2.07. The molecule has 1 aliphatic heterocycles. The number of hydrazine groups is 1. The normalized spacial score (nSPS) is 20.8. The Morgan fingerprint density at radius 2 is 2.30 bits per heavy atom. The lowest BCUT2D eigenvalue weighted by molar-refractivity contribution is -0.123. The monoisotopic (exact) mass is 294 g/mol. The van der Waals surface area contributed by atoms with Crippen LogP contribution in [0.1, 0.15) is 18.4 Å². The van der Waals surface area contributed by atoms with Crippen molar-refractivity contribution in [1.82, 2.24) is 10.9 Å². The summed E-state index contributed by atoms with van der Waals surface area (Å²) < 4.78 is 16.8. The fourth-order valence-corrected chi connectivity index (χ4v) is 2.68. The third-order valence-electron chi connectivity index (χ3n) is 3.10. The predicted octanol–water partition coefficient (Wildman–Crippen LogP) is 1.23. The third kappa shape index (κ3) is 3.75. The maximum Gasteiger partial charge on any atom is 0.234 e. The SMILES string of the molecule is COc1cc(/C=C/C2CCC(=O)NN2)ccc1[S+](C)[O-]. The molecule has 0 bridgehead atoms. The molecule has 1 heterocycles.